The first-order valence-electron chi connectivity index (χ1n) is 7.90. The number of anilines is 1. The van der Waals surface area contributed by atoms with Crippen LogP contribution in [0.2, 0.25) is 0 Å². The van der Waals surface area contributed by atoms with E-state index in [0.717, 1.165) is 37.3 Å². The molecule has 1 saturated heterocycles. The average molecular weight is 294 g/mol. The zero-order chi connectivity index (χ0) is 15.4. The molecule has 2 unspecified atom stereocenters. The van der Waals surface area contributed by atoms with Crippen molar-refractivity contribution in [1.29, 1.82) is 0 Å². The smallest absolute Gasteiger partial charge is 0.129 e. The Morgan fingerprint density at radius 3 is 2.76 bits per heavy atom. The van der Waals surface area contributed by atoms with Crippen molar-refractivity contribution in [2.24, 2.45) is 11.8 Å². The maximum atomic E-state index is 14.2. The summed E-state index contributed by atoms with van der Waals surface area (Å²) < 4.78 is 14.2. The van der Waals surface area contributed by atoms with Crippen LogP contribution in [-0.4, -0.2) is 30.8 Å². The SMILES string of the molecule is CC(C)CNCc1c(F)cccc1N1CCC(C(C)O)C1. The van der Waals surface area contributed by atoms with Gasteiger partial charge in [0.15, 0.2) is 0 Å². The standard InChI is InChI=1S/C17H27FN2O/c1-12(2)9-19-10-15-16(18)5-4-6-17(15)20-8-7-14(11-20)13(3)21/h4-6,12-14,19,21H,7-11H2,1-3H3. The molecule has 4 heteroatoms. The van der Waals surface area contributed by atoms with Crippen LogP contribution in [0.3, 0.4) is 0 Å². The lowest BCUT2D eigenvalue weighted by Gasteiger charge is -2.23. The van der Waals surface area contributed by atoms with Gasteiger partial charge in [-0.1, -0.05) is 19.9 Å². The molecular formula is C17H27FN2O. The molecule has 0 saturated carbocycles. The van der Waals surface area contributed by atoms with Gasteiger partial charge in [0.2, 0.25) is 0 Å². The van der Waals surface area contributed by atoms with E-state index in [2.05, 4.69) is 24.1 Å². The number of aliphatic hydroxyl groups is 1. The van der Waals surface area contributed by atoms with Crippen molar-refractivity contribution >= 4 is 5.69 Å². The monoisotopic (exact) mass is 294 g/mol. The minimum absolute atomic E-state index is 0.149. The number of benzene rings is 1. The van der Waals surface area contributed by atoms with Crippen LogP contribution in [0.4, 0.5) is 10.1 Å². The van der Waals surface area contributed by atoms with Gasteiger partial charge < -0.3 is 15.3 Å². The molecule has 0 amide bonds. The molecule has 0 aliphatic carbocycles. The van der Waals surface area contributed by atoms with Gasteiger partial charge in [-0.2, -0.15) is 0 Å². The van der Waals surface area contributed by atoms with Gasteiger partial charge >= 0.3 is 0 Å². The van der Waals surface area contributed by atoms with E-state index in [1.807, 2.05) is 13.0 Å². The molecule has 1 aromatic rings. The summed E-state index contributed by atoms with van der Waals surface area (Å²) in [6, 6.07) is 5.28. The number of nitrogens with one attached hydrogen (secondary N) is 1. The number of halogens is 1. The minimum atomic E-state index is -0.300. The first kappa shape index (κ1) is 16.2. The fraction of sp³-hybridized carbons (Fsp3) is 0.647. The number of hydrogen-bond acceptors (Lipinski definition) is 3. The van der Waals surface area contributed by atoms with Gasteiger partial charge in [0.05, 0.1) is 6.10 Å². The van der Waals surface area contributed by atoms with Crippen molar-refractivity contribution in [1.82, 2.24) is 5.32 Å². The van der Waals surface area contributed by atoms with Crippen molar-refractivity contribution in [3.05, 3.63) is 29.6 Å². The molecule has 1 heterocycles. The fourth-order valence-corrected chi connectivity index (χ4v) is 2.90. The van der Waals surface area contributed by atoms with Gasteiger partial charge in [-0.3, -0.25) is 0 Å². The molecule has 1 aromatic carbocycles. The van der Waals surface area contributed by atoms with Crippen molar-refractivity contribution in [2.75, 3.05) is 24.5 Å². The summed E-state index contributed by atoms with van der Waals surface area (Å²) in [6.07, 6.45) is 0.665. The molecule has 118 valence electrons. The van der Waals surface area contributed by atoms with E-state index in [1.165, 1.54) is 6.07 Å². The molecule has 0 aromatic heterocycles. The Labute approximate surface area is 127 Å². The Kier molecular flexibility index (Phi) is 5.59. The number of nitrogens with zero attached hydrogens (tertiary/aromatic N) is 1. The number of rotatable bonds is 6. The summed E-state index contributed by atoms with van der Waals surface area (Å²) in [6.45, 7) is 9.24. The van der Waals surface area contributed by atoms with E-state index in [-0.39, 0.29) is 17.8 Å². The highest BCUT2D eigenvalue weighted by Crippen LogP contribution is 2.30. The Bertz CT molecular complexity index is 462. The third kappa shape index (κ3) is 4.17. The summed E-state index contributed by atoms with van der Waals surface area (Å²) in [5, 5.41) is 13.1. The predicted molar refractivity (Wildman–Crippen MR) is 84.9 cm³/mol. The lowest BCUT2D eigenvalue weighted by Crippen LogP contribution is -2.27. The molecule has 2 atom stereocenters. The Balaban J connectivity index is 2.10. The maximum Gasteiger partial charge on any atom is 0.129 e. The third-order valence-electron chi connectivity index (χ3n) is 4.20. The van der Waals surface area contributed by atoms with E-state index in [4.69, 9.17) is 0 Å². The second-order valence-electron chi connectivity index (χ2n) is 6.50. The first-order valence-corrected chi connectivity index (χ1v) is 7.90. The first-order chi connectivity index (χ1) is 9.99. The molecule has 0 bridgehead atoms. The van der Waals surface area contributed by atoms with Crippen molar-refractivity contribution in [2.45, 2.75) is 39.8 Å². The van der Waals surface area contributed by atoms with Gasteiger partial charge in [-0.15, -0.1) is 0 Å². The average Bonchev–Trinajstić information content (AvgIpc) is 2.90. The van der Waals surface area contributed by atoms with Gasteiger partial charge in [0.25, 0.3) is 0 Å². The molecule has 0 spiro atoms. The van der Waals surface area contributed by atoms with Gasteiger partial charge in [-0.05, 0) is 37.9 Å². The zero-order valence-corrected chi connectivity index (χ0v) is 13.3. The van der Waals surface area contributed by atoms with Crippen LogP contribution in [0.15, 0.2) is 18.2 Å². The maximum absolute atomic E-state index is 14.2. The van der Waals surface area contributed by atoms with Crippen LogP contribution in [0.25, 0.3) is 0 Å². The Morgan fingerprint density at radius 2 is 2.14 bits per heavy atom. The number of hydrogen-bond donors (Lipinski definition) is 2. The second kappa shape index (κ2) is 7.23. The zero-order valence-electron chi connectivity index (χ0n) is 13.3. The summed E-state index contributed by atoms with van der Waals surface area (Å²) in [4.78, 5) is 2.20. The third-order valence-corrected chi connectivity index (χ3v) is 4.20. The molecular weight excluding hydrogens is 267 g/mol. The Morgan fingerprint density at radius 1 is 1.38 bits per heavy atom. The number of aliphatic hydroxyl groups excluding tert-OH is 1. The lowest BCUT2D eigenvalue weighted by molar-refractivity contribution is 0.136. The van der Waals surface area contributed by atoms with Crippen LogP contribution >= 0.6 is 0 Å². The van der Waals surface area contributed by atoms with Crippen molar-refractivity contribution in [3.8, 4) is 0 Å². The highest BCUT2D eigenvalue weighted by Gasteiger charge is 2.27. The van der Waals surface area contributed by atoms with E-state index in [1.54, 1.807) is 6.07 Å². The minimum Gasteiger partial charge on any atom is -0.393 e. The summed E-state index contributed by atoms with van der Waals surface area (Å²) in [7, 11) is 0. The van der Waals surface area contributed by atoms with Gasteiger partial charge in [0, 0.05) is 36.8 Å². The van der Waals surface area contributed by atoms with Crippen LogP contribution in [0.1, 0.15) is 32.8 Å². The highest BCUT2D eigenvalue weighted by molar-refractivity contribution is 5.55. The predicted octanol–water partition coefficient (Wildman–Crippen LogP) is 2.78. The molecule has 1 aliphatic rings. The van der Waals surface area contributed by atoms with Crippen LogP contribution in [-0.2, 0) is 6.54 Å². The summed E-state index contributed by atoms with van der Waals surface area (Å²) in [5.74, 6) is 0.681. The van der Waals surface area contributed by atoms with Crippen LogP contribution in [0, 0.1) is 17.7 Å². The van der Waals surface area contributed by atoms with Crippen molar-refractivity contribution < 1.29 is 9.50 Å². The molecule has 1 fully saturated rings. The molecule has 21 heavy (non-hydrogen) atoms. The van der Waals surface area contributed by atoms with E-state index < -0.39 is 0 Å². The topological polar surface area (TPSA) is 35.5 Å². The van der Waals surface area contributed by atoms with Crippen molar-refractivity contribution in [3.63, 3.8) is 0 Å². The van der Waals surface area contributed by atoms with Gasteiger partial charge in [0.1, 0.15) is 5.82 Å². The Hall–Kier alpha value is -1.13. The lowest BCUT2D eigenvalue weighted by atomic mass is 10.0. The van der Waals surface area contributed by atoms with E-state index >= 15 is 0 Å². The van der Waals surface area contributed by atoms with Gasteiger partial charge in [-0.25, -0.2) is 4.39 Å². The van der Waals surface area contributed by atoms with Crippen LogP contribution in [0.5, 0.6) is 0 Å². The molecule has 1 aliphatic heterocycles. The molecule has 3 nitrogen and oxygen atoms in total. The highest BCUT2D eigenvalue weighted by atomic mass is 19.1. The quantitative estimate of drug-likeness (QED) is 0.847. The van der Waals surface area contributed by atoms with E-state index in [0.29, 0.717) is 12.5 Å². The molecule has 2 rings (SSSR count). The molecule has 2 N–H and O–H groups in total. The fourth-order valence-electron chi connectivity index (χ4n) is 2.90. The normalized spacial score (nSPS) is 20.3. The molecule has 0 radical (unpaired) electrons. The van der Waals surface area contributed by atoms with Crippen LogP contribution < -0.4 is 10.2 Å². The summed E-state index contributed by atoms with van der Waals surface area (Å²) >= 11 is 0. The largest absolute Gasteiger partial charge is 0.393 e. The second-order valence-corrected chi connectivity index (χ2v) is 6.50. The summed E-state index contributed by atoms with van der Waals surface area (Å²) in [5.41, 5.74) is 1.71. The van der Waals surface area contributed by atoms with E-state index in [9.17, 15) is 9.50 Å².